The number of alkyl halides is 6. The average Bonchev–Trinajstić information content (AvgIpc) is 3.08. The van der Waals surface area contributed by atoms with Gasteiger partial charge in [-0.05, 0) is 42.8 Å². The Kier molecular flexibility index (Phi) is 4.98. The molecule has 7 heteroatoms. The van der Waals surface area contributed by atoms with Crippen molar-refractivity contribution < 1.29 is 26.3 Å². The van der Waals surface area contributed by atoms with Crippen LogP contribution in [0.25, 0.3) is 0 Å². The predicted molar refractivity (Wildman–Crippen MR) is 91.1 cm³/mol. The van der Waals surface area contributed by atoms with E-state index in [0.717, 1.165) is 24.3 Å². The van der Waals surface area contributed by atoms with E-state index < -0.39 is 31.4 Å². The molecule has 0 heterocycles. The quantitative estimate of drug-likeness (QED) is 0.472. The first-order valence-electron chi connectivity index (χ1n) is 7.65. The van der Waals surface area contributed by atoms with Gasteiger partial charge in [-0.1, -0.05) is 48.6 Å². The molecule has 3 rings (SSSR count). The van der Waals surface area contributed by atoms with Crippen LogP contribution >= 0.6 is 7.92 Å². The summed E-state index contributed by atoms with van der Waals surface area (Å²) in [5, 5.41) is 1.35. The lowest BCUT2D eigenvalue weighted by Gasteiger charge is -2.24. The molecule has 0 radical (unpaired) electrons. The summed E-state index contributed by atoms with van der Waals surface area (Å²) in [5.74, 6) is 0. The SMILES string of the molecule is FC(F)(F)c1ccc(P(c2ccc(C(F)(F)F)cc2)C2C=CC=C2)cc1. The third kappa shape index (κ3) is 4.01. The lowest BCUT2D eigenvalue weighted by Crippen LogP contribution is -2.20. The fourth-order valence-corrected chi connectivity index (χ4v) is 5.18. The van der Waals surface area contributed by atoms with Crippen molar-refractivity contribution in [3.05, 3.63) is 84.0 Å². The monoisotopic (exact) mass is 386 g/mol. The Morgan fingerprint density at radius 2 is 0.923 bits per heavy atom. The minimum absolute atomic E-state index is 0.0709. The van der Waals surface area contributed by atoms with E-state index in [1.807, 2.05) is 24.3 Å². The zero-order chi connectivity index (χ0) is 18.9. The molecule has 0 saturated heterocycles. The first-order valence-corrected chi connectivity index (χ1v) is 9.06. The lowest BCUT2D eigenvalue weighted by molar-refractivity contribution is -0.138. The first-order chi connectivity index (χ1) is 12.2. The molecule has 0 bridgehead atoms. The van der Waals surface area contributed by atoms with Gasteiger partial charge in [0.1, 0.15) is 0 Å². The summed E-state index contributed by atoms with van der Waals surface area (Å²) in [7, 11) is -1.16. The van der Waals surface area contributed by atoms with Gasteiger partial charge in [0.15, 0.2) is 0 Å². The average molecular weight is 386 g/mol. The van der Waals surface area contributed by atoms with Crippen LogP contribution in [0.4, 0.5) is 26.3 Å². The molecule has 2 aromatic carbocycles. The maximum absolute atomic E-state index is 12.8. The lowest BCUT2D eigenvalue weighted by atomic mass is 10.2. The van der Waals surface area contributed by atoms with Gasteiger partial charge in [-0.25, -0.2) is 0 Å². The number of halogens is 6. The summed E-state index contributed by atoms with van der Waals surface area (Å²) in [4.78, 5) is 0. The predicted octanol–water partition coefficient (Wildman–Crippen LogP) is 5.65. The molecule has 136 valence electrons. The maximum atomic E-state index is 12.8. The van der Waals surface area contributed by atoms with E-state index in [4.69, 9.17) is 0 Å². The Morgan fingerprint density at radius 1 is 0.577 bits per heavy atom. The van der Waals surface area contributed by atoms with E-state index in [2.05, 4.69) is 0 Å². The van der Waals surface area contributed by atoms with E-state index in [9.17, 15) is 26.3 Å². The van der Waals surface area contributed by atoms with Gasteiger partial charge in [-0.15, -0.1) is 0 Å². The highest BCUT2D eigenvalue weighted by molar-refractivity contribution is 7.74. The molecule has 0 atom stereocenters. The third-order valence-electron chi connectivity index (χ3n) is 3.97. The molecule has 0 aromatic heterocycles. The highest BCUT2D eigenvalue weighted by atomic mass is 31.1. The van der Waals surface area contributed by atoms with Crippen molar-refractivity contribution in [2.75, 3.05) is 0 Å². The van der Waals surface area contributed by atoms with Crippen LogP contribution in [-0.2, 0) is 12.4 Å². The smallest absolute Gasteiger partial charge is 0.166 e. The van der Waals surface area contributed by atoms with Crippen molar-refractivity contribution in [3.63, 3.8) is 0 Å². The Labute approximate surface area is 147 Å². The molecular weight excluding hydrogens is 373 g/mol. The van der Waals surface area contributed by atoms with E-state index >= 15 is 0 Å². The first kappa shape index (κ1) is 18.7. The van der Waals surface area contributed by atoms with Gasteiger partial charge in [-0.2, -0.15) is 26.3 Å². The van der Waals surface area contributed by atoms with Crippen LogP contribution in [-0.4, -0.2) is 5.66 Å². The second-order valence-electron chi connectivity index (χ2n) is 5.72. The molecule has 0 nitrogen and oxygen atoms in total. The van der Waals surface area contributed by atoms with Crippen LogP contribution in [0, 0.1) is 0 Å². The Morgan fingerprint density at radius 3 is 1.23 bits per heavy atom. The Balaban J connectivity index is 1.98. The molecule has 2 aromatic rings. The minimum Gasteiger partial charge on any atom is -0.166 e. The van der Waals surface area contributed by atoms with Gasteiger partial charge in [0, 0.05) is 5.66 Å². The normalized spacial score (nSPS) is 15.2. The molecule has 0 fully saturated rings. The fourth-order valence-electron chi connectivity index (χ4n) is 2.71. The maximum Gasteiger partial charge on any atom is 0.416 e. The highest BCUT2D eigenvalue weighted by Crippen LogP contribution is 2.43. The van der Waals surface area contributed by atoms with E-state index in [1.54, 1.807) is 0 Å². The Bertz CT molecular complexity index is 744. The molecule has 0 unspecified atom stereocenters. The second-order valence-corrected chi connectivity index (χ2v) is 8.09. The summed E-state index contributed by atoms with van der Waals surface area (Å²) in [6, 6.07) is 9.68. The van der Waals surface area contributed by atoms with Gasteiger partial charge in [-0.3, -0.25) is 0 Å². The molecule has 1 aliphatic rings. The van der Waals surface area contributed by atoms with Crippen LogP contribution in [0.3, 0.4) is 0 Å². The number of hydrogen-bond acceptors (Lipinski definition) is 0. The summed E-state index contributed by atoms with van der Waals surface area (Å²) >= 11 is 0. The molecule has 1 aliphatic carbocycles. The fraction of sp³-hybridized carbons (Fsp3) is 0.158. The molecule has 0 spiro atoms. The minimum atomic E-state index is -4.43. The number of allylic oxidation sites excluding steroid dienone is 4. The van der Waals surface area contributed by atoms with Gasteiger partial charge in [0.25, 0.3) is 0 Å². The van der Waals surface area contributed by atoms with Crippen LogP contribution in [0.5, 0.6) is 0 Å². The highest BCUT2D eigenvalue weighted by Gasteiger charge is 2.32. The Hall–Kier alpha value is -2.07. The van der Waals surface area contributed by atoms with Crippen molar-refractivity contribution in [1.82, 2.24) is 0 Å². The van der Waals surface area contributed by atoms with Crippen molar-refractivity contribution in [1.29, 1.82) is 0 Å². The van der Waals surface area contributed by atoms with Crippen LogP contribution in [0.1, 0.15) is 11.1 Å². The molecule has 26 heavy (non-hydrogen) atoms. The number of hydrogen-bond donors (Lipinski definition) is 0. The topological polar surface area (TPSA) is 0 Å². The molecule has 0 aliphatic heterocycles. The molecular formula is C19H13F6P. The summed E-state index contributed by atoms with van der Waals surface area (Å²) < 4.78 is 76.7. The molecule has 0 N–H and O–H groups in total. The van der Waals surface area contributed by atoms with Gasteiger partial charge < -0.3 is 0 Å². The van der Waals surface area contributed by atoms with E-state index in [1.165, 1.54) is 24.3 Å². The van der Waals surface area contributed by atoms with Crippen molar-refractivity contribution in [2.45, 2.75) is 18.0 Å². The van der Waals surface area contributed by atoms with Gasteiger partial charge in [0.2, 0.25) is 0 Å². The summed E-state index contributed by atoms with van der Waals surface area (Å²) in [6.45, 7) is 0. The van der Waals surface area contributed by atoms with Crippen molar-refractivity contribution in [2.24, 2.45) is 0 Å². The van der Waals surface area contributed by atoms with E-state index in [0.29, 0.717) is 10.6 Å². The zero-order valence-corrected chi connectivity index (χ0v) is 14.1. The standard InChI is InChI=1S/C19H13F6P/c20-18(21,22)13-5-9-16(10-6-13)26(15-3-1-2-4-15)17-11-7-14(8-12-17)19(23,24)25/h1-12,15H. The van der Waals surface area contributed by atoms with Gasteiger partial charge in [0.05, 0.1) is 11.1 Å². The number of benzene rings is 2. The largest absolute Gasteiger partial charge is 0.416 e. The number of rotatable bonds is 3. The van der Waals surface area contributed by atoms with Crippen LogP contribution in [0.15, 0.2) is 72.8 Å². The summed E-state index contributed by atoms with van der Waals surface area (Å²) in [6.07, 6.45) is -1.39. The van der Waals surface area contributed by atoms with E-state index in [-0.39, 0.29) is 5.66 Å². The molecule has 0 amide bonds. The zero-order valence-electron chi connectivity index (χ0n) is 13.2. The van der Waals surface area contributed by atoms with Crippen LogP contribution < -0.4 is 10.6 Å². The third-order valence-corrected chi connectivity index (χ3v) is 6.62. The van der Waals surface area contributed by atoms with Crippen molar-refractivity contribution in [3.8, 4) is 0 Å². The van der Waals surface area contributed by atoms with Crippen molar-refractivity contribution >= 4 is 18.5 Å². The molecule has 0 saturated carbocycles. The second kappa shape index (κ2) is 6.92. The summed E-state index contributed by atoms with van der Waals surface area (Å²) in [5.41, 5.74) is -1.57. The van der Waals surface area contributed by atoms with Crippen LogP contribution in [0.2, 0.25) is 0 Å². The van der Waals surface area contributed by atoms with Gasteiger partial charge >= 0.3 is 12.4 Å².